The Balaban J connectivity index is 2.45. The molecular weight excluding hydrogens is 218 g/mol. The Morgan fingerprint density at radius 2 is 2.12 bits per heavy atom. The summed E-state index contributed by atoms with van der Waals surface area (Å²) in [6.45, 7) is 8.62. The number of fused-ring (bicyclic) bond motifs is 1. The van der Waals surface area contributed by atoms with E-state index in [0.717, 1.165) is 22.5 Å². The number of hydrogen-bond acceptors (Lipinski definition) is 4. The number of rotatable bonds is 3. The summed E-state index contributed by atoms with van der Waals surface area (Å²) in [5, 5.41) is 5.61. The van der Waals surface area contributed by atoms with Gasteiger partial charge in [0.2, 0.25) is 0 Å². The third-order valence-corrected chi connectivity index (χ3v) is 3.97. The Labute approximate surface area is 99.9 Å². The van der Waals surface area contributed by atoms with Crippen molar-refractivity contribution in [3.8, 4) is 0 Å². The average Bonchev–Trinajstić information content (AvgIpc) is 2.62. The van der Waals surface area contributed by atoms with Crippen LogP contribution in [0.5, 0.6) is 0 Å². The van der Waals surface area contributed by atoms with Gasteiger partial charge in [-0.3, -0.25) is 0 Å². The predicted octanol–water partition coefficient (Wildman–Crippen LogP) is 3.60. The standard InChI is InChI=1S/C12H17N3S/c1-5-12(3,4)15-11-10-9(13-7-14-11)8(2)6-16-10/h6-7H,5H2,1-4H3,(H,13,14,15). The van der Waals surface area contributed by atoms with Crippen molar-refractivity contribution < 1.29 is 0 Å². The number of thiophene rings is 1. The van der Waals surface area contributed by atoms with Gasteiger partial charge in [-0.05, 0) is 38.1 Å². The minimum Gasteiger partial charge on any atom is -0.364 e. The lowest BCUT2D eigenvalue weighted by atomic mass is 10.0. The Kier molecular flexibility index (Phi) is 2.84. The van der Waals surface area contributed by atoms with Gasteiger partial charge in [-0.1, -0.05) is 6.92 Å². The number of nitrogens with one attached hydrogen (secondary N) is 1. The molecule has 3 nitrogen and oxygen atoms in total. The van der Waals surface area contributed by atoms with Crippen molar-refractivity contribution in [1.82, 2.24) is 9.97 Å². The second-order valence-electron chi connectivity index (χ2n) is 4.68. The maximum atomic E-state index is 4.34. The molecule has 0 amide bonds. The van der Waals surface area contributed by atoms with Crippen molar-refractivity contribution >= 4 is 27.4 Å². The molecule has 0 aliphatic carbocycles. The zero-order chi connectivity index (χ0) is 11.8. The third-order valence-electron chi connectivity index (χ3n) is 2.87. The molecular formula is C12H17N3S. The number of nitrogens with zero attached hydrogens (tertiary/aromatic N) is 2. The Bertz CT molecular complexity index is 502. The molecule has 2 aromatic heterocycles. The van der Waals surface area contributed by atoms with E-state index >= 15 is 0 Å². The summed E-state index contributed by atoms with van der Waals surface area (Å²) >= 11 is 1.70. The molecule has 2 aromatic rings. The van der Waals surface area contributed by atoms with Gasteiger partial charge in [0.1, 0.15) is 12.1 Å². The van der Waals surface area contributed by atoms with Crippen LogP contribution in [0.3, 0.4) is 0 Å². The van der Waals surface area contributed by atoms with Crippen LogP contribution in [0.4, 0.5) is 5.82 Å². The molecule has 0 aliphatic rings. The second kappa shape index (κ2) is 4.01. The lowest BCUT2D eigenvalue weighted by molar-refractivity contribution is 0.545. The van der Waals surface area contributed by atoms with E-state index < -0.39 is 0 Å². The molecule has 0 saturated carbocycles. The topological polar surface area (TPSA) is 37.8 Å². The maximum absolute atomic E-state index is 4.34. The Morgan fingerprint density at radius 3 is 2.81 bits per heavy atom. The number of aryl methyl sites for hydroxylation is 1. The van der Waals surface area contributed by atoms with Crippen molar-refractivity contribution in [1.29, 1.82) is 0 Å². The van der Waals surface area contributed by atoms with Crippen LogP contribution in [0.25, 0.3) is 10.2 Å². The Hall–Kier alpha value is -1.16. The van der Waals surface area contributed by atoms with E-state index in [1.165, 1.54) is 5.56 Å². The molecule has 2 heterocycles. The van der Waals surface area contributed by atoms with Crippen LogP contribution in [0, 0.1) is 6.92 Å². The predicted molar refractivity (Wildman–Crippen MR) is 70.1 cm³/mol. The summed E-state index contributed by atoms with van der Waals surface area (Å²) in [6, 6.07) is 0. The smallest absolute Gasteiger partial charge is 0.147 e. The fourth-order valence-corrected chi connectivity index (χ4v) is 2.41. The third kappa shape index (κ3) is 2.02. The summed E-state index contributed by atoms with van der Waals surface area (Å²) in [6.07, 6.45) is 2.69. The van der Waals surface area contributed by atoms with E-state index in [-0.39, 0.29) is 5.54 Å². The monoisotopic (exact) mass is 235 g/mol. The van der Waals surface area contributed by atoms with Crippen molar-refractivity contribution in [3.05, 3.63) is 17.3 Å². The minimum absolute atomic E-state index is 0.0686. The largest absolute Gasteiger partial charge is 0.364 e. The van der Waals surface area contributed by atoms with Gasteiger partial charge in [0.25, 0.3) is 0 Å². The van der Waals surface area contributed by atoms with Crippen molar-refractivity contribution in [2.75, 3.05) is 5.32 Å². The molecule has 86 valence electrons. The molecule has 0 unspecified atom stereocenters. The number of hydrogen-bond donors (Lipinski definition) is 1. The number of anilines is 1. The van der Waals surface area contributed by atoms with Crippen molar-refractivity contribution in [2.45, 2.75) is 39.7 Å². The lowest BCUT2D eigenvalue weighted by Gasteiger charge is -2.25. The molecule has 0 fully saturated rings. The van der Waals surface area contributed by atoms with Crippen LogP contribution >= 0.6 is 11.3 Å². The van der Waals surface area contributed by atoms with Crippen LogP contribution in [-0.2, 0) is 0 Å². The molecule has 0 aromatic carbocycles. The van der Waals surface area contributed by atoms with Crippen molar-refractivity contribution in [2.24, 2.45) is 0 Å². The molecule has 0 bridgehead atoms. The first kappa shape index (κ1) is 11.3. The van der Waals surface area contributed by atoms with Gasteiger partial charge in [-0.25, -0.2) is 9.97 Å². The first-order chi connectivity index (χ1) is 7.53. The van der Waals surface area contributed by atoms with Crippen LogP contribution in [0.15, 0.2) is 11.7 Å². The van der Waals surface area contributed by atoms with Gasteiger partial charge in [0.15, 0.2) is 0 Å². The summed E-state index contributed by atoms with van der Waals surface area (Å²) < 4.78 is 1.15. The van der Waals surface area contributed by atoms with Crippen LogP contribution in [0.1, 0.15) is 32.8 Å². The van der Waals surface area contributed by atoms with Crippen LogP contribution in [-0.4, -0.2) is 15.5 Å². The molecule has 0 aliphatic heterocycles. The molecule has 0 saturated heterocycles. The zero-order valence-electron chi connectivity index (χ0n) is 10.2. The highest BCUT2D eigenvalue weighted by Gasteiger charge is 2.17. The minimum atomic E-state index is 0.0686. The van der Waals surface area contributed by atoms with Gasteiger partial charge in [-0.15, -0.1) is 11.3 Å². The van der Waals surface area contributed by atoms with E-state index in [2.05, 4.69) is 48.4 Å². The van der Waals surface area contributed by atoms with Crippen LogP contribution < -0.4 is 5.32 Å². The summed E-state index contributed by atoms with van der Waals surface area (Å²) in [5.74, 6) is 0.954. The second-order valence-corrected chi connectivity index (χ2v) is 5.56. The average molecular weight is 235 g/mol. The van der Waals surface area contributed by atoms with Gasteiger partial charge in [-0.2, -0.15) is 0 Å². The summed E-state index contributed by atoms with van der Waals surface area (Å²) in [7, 11) is 0. The van der Waals surface area contributed by atoms with E-state index in [9.17, 15) is 0 Å². The maximum Gasteiger partial charge on any atom is 0.147 e. The van der Waals surface area contributed by atoms with Gasteiger partial charge in [0.05, 0.1) is 10.2 Å². The van der Waals surface area contributed by atoms with Gasteiger partial charge in [0, 0.05) is 5.54 Å². The molecule has 1 N–H and O–H groups in total. The quantitative estimate of drug-likeness (QED) is 0.883. The molecule has 0 spiro atoms. The molecule has 4 heteroatoms. The number of aromatic nitrogens is 2. The highest BCUT2D eigenvalue weighted by Crippen LogP contribution is 2.30. The highest BCUT2D eigenvalue weighted by atomic mass is 32.1. The molecule has 0 atom stereocenters. The van der Waals surface area contributed by atoms with Crippen molar-refractivity contribution in [3.63, 3.8) is 0 Å². The van der Waals surface area contributed by atoms with E-state index in [0.29, 0.717) is 0 Å². The van der Waals surface area contributed by atoms with Gasteiger partial charge < -0.3 is 5.32 Å². The fraction of sp³-hybridized carbons (Fsp3) is 0.500. The first-order valence-corrected chi connectivity index (χ1v) is 6.38. The van der Waals surface area contributed by atoms with Gasteiger partial charge >= 0.3 is 0 Å². The van der Waals surface area contributed by atoms with E-state index in [1.807, 2.05) is 0 Å². The zero-order valence-corrected chi connectivity index (χ0v) is 11.0. The first-order valence-electron chi connectivity index (χ1n) is 5.50. The normalized spacial score (nSPS) is 12.0. The highest BCUT2D eigenvalue weighted by molar-refractivity contribution is 7.18. The fourth-order valence-electron chi connectivity index (χ4n) is 1.47. The summed E-state index contributed by atoms with van der Waals surface area (Å²) in [4.78, 5) is 8.66. The molecule has 2 rings (SSSR count). The van der Waals surface area contributed by atoms with E-state index in [1.54, 1.807) is 17.7 Å². The Morgan fingerprint density at radius 1 is 1.38 bits per heavy atom. The summed E-state index contributed by atoms with van der Waals surface area (Å²) in [5.41, 5.74) is 2.35. The van der Waals surface area contributed by atoms with E-state index in [4.69, 9.17) is 0 Å². The molecule has 16 heavy (non-hydrogen) atoms. The molecule has 0 radical (unpaired) electrons. The SMILES string of the molecule is CCC(C)(C)Nc1ncnc2c(C)csc12. The van der Waals surface area contributed by atoms with Crippen LogP contribution in [0.2, 0.25) is 0 Å². The lowest BCUT2D eigenvalue weighted by Crippen LogP contribution is -2.30.